The second kappa shape index (κ2) is 7.25. The van der Waals surface area contributed by atoms with Crippen LogP contribution in [0.2, 0.25) is 0 Å². The molecule has 0 aliphatic rings. The molecule has 1 heterocycles. The Morgan fingerprint density at radius 2 is 1.70 bits per heavy atom. The highest BCUT2D eigenvalue weighted by Crippen LogP contribution is 2.33. The Balaban J connectivity index is 2.23. The van der Waals surface area contributed by atoms with Gasteiger partial charge in [0, 0.05) is 23.7 Å². The summed E-state index contributed by atoms with van der Waals surface area (Å²) in [6.45, 7) is 2.53. The first-order valence-corrected chi connectivity index (χ1v) is 9.95. The Hall–Kier alpha value is -2.51. The second-order valence-electron chi connectivity index (χ2n) is 6.69. The molecule has 0 amide bonds. The molecule has 0 unspecified atom stereocenters. The lowest BCUT2D eigenvalue weighted by atomic mass is 10.1. The molecule has 0 N–H and O–H groups in total. The average molecular weight is 388 g/mol. The maximum absolute atomic E-state index is 13.3. The van der Waals surface area contributed by atoms with E-state index in [1.165, 1.54) is 11.1 Å². The van der Waals surface area contributed by atoms with Gasteiger partial charge in [0.15, 0.2) is 0 Å². The molecule has 6 nitrogen and oxygen atoms in total. The summed E-state index contributed by atoms with van der Waals surface area (Å²) in [5, 5.41) is 0.845. The number of rotatable bonds is 6. The van der Waals surface area contributed by atoms with Crippen molar-refractivity contribution in [2.24, 2.45) is 0 Å². The quantitative estimate of drug-likeness (QED) is 0.649. The van der Waals surface area contributed by atoms with Gasteiger partial charge in [-0.3, -0.25) is 0 Å². The molecule has 1 aromatic heterocycles. The molecule has 0 atom stereocenters. The van der Waals surface area contributed by atoms with E-state index in [0.29, 0.717) is 17.8 Å². The summed E-state index contributed by atoms with van der Waals surface area (Å²) in [6.07, 6.45) is 1.58. The standard InChI is InChI=1S/C20H24N2O4S/c1-14-6-9-20(19(12-14)26-5)27(23,24)22-11-10-15-16(13-21(2)3)18(25-4)8-7-17(15)22/h6-12H,13H2,1-5H3. The van der Waals surface area contributed by atoms with Crippen molar-refractivity contribution in [3.63, 3.8) is 0 Å². The first-order chi connectivity index (χ1) is 12.8. The maximum Gasteiger partial charge on any atom is 0.271 e. The monoisotopic (exact) mass is 388 g/mol. The van der Waals surface area contributed by atoms with Gasteiger partial charge in [-0.05, 0) is 56.9 Å². The summed E-state index contributed by atoms with van der Waals surface area (Å²) in [4.78, 5) is 2.16. The van der Waals surface area contributed by atoms with Gasteiger partial charge in [-0.1, -0.05) is 6.07 Å². The normalized spacial score (nSPS) is 11.9. The van der Waals surface area contributed by atoms with Gasteiger partial charge in [-0.25, -0.2) is 12.4 Å². The van der Waals surface area contributed by atoms with E-state index in [4.69, 9.17) is 9.47 Å². The fourth-order valence-electron chi connectivity index (χ4n) is 3.21. The smallest absolute Gasteiger partial charge is 0.271 e. The fourth-order valence-corrected chi connectivity index (χ4v) is 4.69. The van der Waals surface area contributed by atoms with Gasteiger partial charge in [-0.2, -0.15) is 0 Å². The number of aromatic nitrogens is 1. The number of hydrogen-bond acceptors (Lipinski definition) is 5. The number of fused-ring (bicyclic) bond motifs is 1. The molecule has 0 aliphatic carbocycles. The van der Waals surface area contributed by atoms with E-state index in [9.17, 15) is 8.42 Å². The van der Waals surface area contributed by atoms with Crippen LogP contribution in [0.1, 0.15) is 11.1 Å². The minimum Gasteiger partial charge on any atom is -0.496 e. The van der Waals surface area contributed by atoms with E-state index in [-0.39, 0.29) is 4.90 Å². The minimum absolute atomic E-state index is 0.137. The third kappa shape index (κ3) is 3.40. The van der Waals surface area contributed by atoms with E-state index in [1.54, 1.807) is 43.6 Å². The van der Waals surface area contributed by atoms with Crippen molar-refractivity contribution in [1.29, 1.82) is 0 Å². The van der Waals surface area contributed by atoms with Crippen LogP contribution in [0.5, 0.6) is 11.5 Å². The molecule has 0 spiro atoms. The predicted octanol–water partition coefficient (Wildman–Crippen LogP) is 3.27. The van der Waals surface area contributed by atoms with Gasteiger partial charge in [0.2, 0.25) is 0 Å². The van der Waals surface area contributed by atoms with E-state index < -0.39 is 10.0 Å². The van der Waals surface area contributed by atoms with E-state index in [0.717, 1.165) is 22.3 Å². The minimum atomic E-state index is -3.81. The Labute approximate surface area is 160 Å². The van der Waals surface area contributed by atoms with E-state index in [2.05, 4.69) is 0 Å². The molecule has 27 heavy (non-hydrogen) atoms. The molecule has 0 fully saturated rings. The van der Waals surface area contributed by atoms with Crippen molar-refractivity contribution in [3.8, 4) is 11.5 Å². The highest BCUT2D eigenvalue weighted by Gasteiger charge is 2.24. The first-order valence-electron chi connectivity index (χ1n) is 8.51. The summed E-state index contributed by atoms with van der Waals surface area (Å²) in [6, 6.07) is 10.5. The molecule has 7 heteroatoms. The second-order valence-corrected chi connectivity index (χ2v) is 8.47. The van der Waals surface area contributed by atoms with Crippen molar-refractivity contribution in [2.75, 3.05) is 28.3 Å². The molecule has 2 aromatic carbocycles. The summed E-state index contributed by atoms with van der Waals surface area (Å²) in [5.41, 5.74) is 2.49. The van der Waals surface area contributed by atoms with Crippen LogP contribution in [0, 0.1) is 6.92 Å². The average Bonchev–Trinajstić information content (AvgIpc) is 3.06. The van der Waals surface area contributed by atoms with Gasteiger partial charge in [0.1, 0.15) is 16.4 Å². The number of hydrogen-bond donors (Lipinski definition) is 0. The van der Waals surface area contributed by atoms with Crippen LogP contribution in [0.15, 0.2) is 47.5 Å². The Morgan fingerprint density at radius 1 is 1.00 bits per heavy atom. The SMILES string of the molecule is COc1cc(C)ccc1S(=O)(=O)n1ccc2c(CN(C)C)c(OC)ccc21. The molecular weight excluding hydrogens is 364 g/mol. The lowest BCUT2D eigenvalue weighted by molar-refractivity contribution is 0.374. The molecule has 3 rings (SSSR count). The highest BCUT2D eigenvalue weighted by atomic mass is 32.2. The van der Waals surface area contributed by atoms with E-state index >= 15 is 0 Å². The number of benzene rings is 2. The molecule has 0 saturated carbocycles. The van der Waals surface area contributed by atoms with Crippen LogP contribution in [0.3, 0.4) is 0 Å². The van der Waals surface area contributed by atoms with Crippen LogP contribution in [-0.4, -0.2) is 45.6 Å². The number of aryl methyl sites for hydroxylation is 1. The molecule has 0 saturated heterocycles. The van der Waals surface area contributed by atoms with Crippen LogP contribution in [-0.2, 0) is 16.6 Å². The molecule has 0 bridgehead atoms. The summed E-state index contributed by atoms with van der Waals surface area (Å²) < 4.78 is 38.8. The molecule has 0 aliphatic heterocycles. The Bertz CT molecular complexity index is 1080. The summed E-state index contributed by atoms with van der Waals surface area (Å²) in [7, 11) is 3.20. The maximum atomic E-state index is 13.3. The van der Waals surface area contributed by atoms with Crippen LogP contribution < -0.4 is 9.47 Å². The zero-order chi connectivity index (χ0) is 19.8. The van der Waals surface area contributed by atoms with Crippen LogP contribution in [0.4, 0.5) is 0 Å². The topological polar surface area (TPSA) is 60.8 Å². The molecule has 3 aromatic rings. The zero-order valence-electron chi connectivity index (χ0n) is 16.2. The third-order valence-electron chi connectivity index (χ3n) is 4.46. The van der Waals surface area contributed by atoms with E-state index in [1.807, 2.05) is 32.0 Å². The summed E-state index contributed by atoms with van der Waals surface area (Å²) in [5.74, 6) is 1.07. The summed E-state index contributed by atoms with van der Waals surface area (Å²) >= 11 is 0. The van der Waals surface area contributed by atoms with Gasteiger partial charge < -0.3 is 14.4 Å². The van der Waals surface area contributed by atoms with Gasteiger partial charge in [-0.15, -0.1) is 0 Å². The van der Waals surface area contributed by atoms with Gasteiger partial charge in [0.05, 0.1) is 19.7 Å². The molecular formula is C20H24N2O4S. The lowest BCUT2D eigenvalue weighted by Crippen LogP contribution is -2.14. The predicted molar refractivity (Wildman–Crippen MR) is 106 cm³/mol. The third-order valence-corrected chi connectivity index (χ3v) is 6.18. The molecule has 0 radical (unpaired) electrons. The van der Waals surface area contributed by atoms with Crippen molar-refractivity contribution in [2.45, 2.75) is 18.4 Å². The zero-order valence-corrected chi connectivity index (χ0v) is 17.0. The lowest BCUT2D eigenvalue weighted by Gasteiger charge is -2.16. The van der Waals surface area contributed by atoms with Crippen molar-refractivity contribution in [1.82, 2.24) is 8.87 Å². The van der Waals surface area contributed by atoms with Gasteiger partial charge >= 0.3 is 0 Å². The van der Waals surface area contributed by atoms with Gasteiger partial charge in [0.25, 0.3) is 10.0 Å². The Kier molecular flexibility index (Phi) is 5.17. The number of nitrogens with zero attached hydrogens (tertiary/aromatic N) is 2. The van der Waals surface area contributed by atoms with Crippen molar-refractivity contribution < 1.29 is 17.9 Å². The van der Waals surface area contributed by atoms with Crippen molar-refractivity contribution in [3.05, 3.63) is 53.7 Å². The highest BCUT2D eigenvalue weighted by molar-refractivity contribution is 7.90. The van der Waals surface area contributed by atoms with Crippen LogP contribution in [0.25, 0.3) is 10.9 Å². The van der Waals surface area contributed by atoms with Crippen molar-refractivity contribution >= 4 is 20.9 Å². The first kappa shape index (κ1) is 19.3. The number of ether oxygens (including phenoxy) is 2. The fraction of sp³-hybridized carbons (Fsp3) is 0.300. The van der Waals surface area contributed by atoms with Crippen LogP contribution >= 0.6 is 0 Å². The number of methoxy groups -OCH3 is 2. The molecule has 144 valence electrons. The largest absolute Gasteiger partial charge is 0.496 e. The Morgan fingerprint density at radius 3 is 2.33 bits per heavy atom.